The van der Waals surface area contributed by atoms with Crippen molar-refractivity contribution in [3.8, 4) is 17.6 Å². The van der Waals surface area contributed by atoms with Crippen LogP contribution in [0.4, 0.5) is 0 Å². The van der Waals surface area contributed by atoms with E-state index in [9.17, 15) is 0 Å². The third kappa shape index (κ3) is 3.39. The van der Waals surface area contributed by atoms with Gasteiger partial charge >= 0.3 is 0 Å². The lowest BCUT2D eigenvalue weighted by Crippen LogP contribution is -2.38. The van der Waals surface area contributed by atoms with Crippen LogP contribution in [0.15, 0.2) is 18.2 Å². The summed E-state index contributed by atoms with van der Waals surface area (Å²) in [5, 5.41) is 8.95. The first-order chi connectivity index (χ1) is 9.26. The van der Waals surface area contributed by atoms with Gasteiger partial charge in [-0.2, -0.15) is 5.26 Å². The molecule has 0 aliphatic carbocycles. The molecule has 0 radical (unpaired) electrons. The van der Waals surface area contributed by atoms with Crippen LogP contribution in [0.5, 0.6) is 11.5 Å². The van der Waals surface area contributed by atoms with Gasteiger partial charge in [-0.25, -0.2) is 0 Å². The Morgan fingerprint density at radius 1 is 1.32 bits per heavy atom. The number of rotatable bonds is 4. The van der Waals surface area contributed by atoms with Crippen LogP contribution in [0.3, 0.4) is 0 Å². The van der Waals surface area contributed by atoms with Gasteiger partial charge in [0.05, 0.1) is 18.7 Å². The minimum Gasteiger partial charge on any atom is -0.493 e. The van der Waals surface area contributed by atoms with Gasteiger partial charge in [-0.1, -0.05) is 6.92 Å². The highest BCUT2D eigenvalue weighted by Crippen LogP contribution is 2.30. The smallest absolute Gasteiger partial charge is 0.162 e. The summed E-state index contributed by atoms with van der Waals surface area (Å²) in [6, 6.07) is 7.41. The highest BCUT2D eigenvalue weighted by molar-refractivity contribution is 5.46. The van der Waals surface area contributed by atoms with Crippen molar-refractivity contribution in [3.05, 3.63) is 23.8 Å². The van der Waals surface area contributed by atoms with Gasteiger partial charge in [-0.05, 0) is 31.5 Å². The number of nitrogens with zero attached hydrogens (tertiary/aromatic N) is 2. The van der Waals surface area contributed by atoms with Crippen LogP contribution in [-0.2, 0) is 0 Å². The molecule has 1 aromatic rings. The number of ether oxygens (including phenoxy) is 2. The lowest BCUT2D eigenvalue weighted by molar-refractivity contribution is 0.101. The van der Waals surface area contributed by atoms with Crippen molar-refractivity contribution in [1.82, 2.24) is 4.90 Å². The van der Waals surface area contributed by atoms with Crippen LogP contribution < -0.4 is 9.47 Å². The van der Waals surface area contributed by atoms with Crippen LogP contribution in [0.25, 0.3) is 0 Å². The SMILES string of the molecule is CCN1CCC(Oc2cc(C#N)ccc2OC)CC1. The van der Waals surface area contributed by atoms with Crippen molar-refractivity contribution in [2.75, 3.05) is 26.7 Å². The molecular formula is C15H20N2O2. The normalized spacial score (nSPS) is 16.9. The predicted molar refractivity (Wildman–Crippen MR) is 73.5 cm³/mol. The zero-order chi connectivity index (χ0) is 13.7. The molecule has 102 valence electrons. The van der Waals surface area contributed by atoms with E-state index >= 15 is 0 Å². The average molecular weight is 260 g/mol. The lowest BCUT2D eigenvalue weighted by atomic mass is 10.1. The minimum absolute atomic E-state index is 0.214. The minimum atomic E-state index is 0.214. The molecule has 1 aromatic carbocycles. The highest BCUT2D eigenvalue weighted by atomic mass is 16.5. The summed E-state index contributed by atoms with van der Waals surface area (Å²) in [5.41, 5.74) is 0.599. The second kappa shape index (κ2) is 6.44. The number of likely N-dealkylation sites (tertiary alicyclic amines) is 1. The molecule has 4 heteroatoms. The molecule has 4 nitrogen and oxygen atoms in total. The van der Waals surface area contributed by atoms with Gasteiger partial charge in [0.25, 0.3) is 0 Å². The first kappa shape index (κ1) is 13.7. The third-order valence-corrected chi connectivity index (χ3v) is 3.57. The number of benzene rings is 1. The molecule has 0 unspecified atom stereocenters. The van der Waals surface area contributed by atoms with Crippen molar-refractivity contribution in [2.24, 2.45) is 0 Å². The van der Waals surface area contributed by atoms with Gasteiger partial charge in [0.2, 0.25) is 0 Å². The molecule has 1 saturated heterocycles. The Balaban J connectivity index is 2.04. The van der Waals surface area contributed by atoms with E-state index in [-0.39, 0.29) is 6.10 Å². The molecule has 0 atom stereocenters. The van der Waals surface area contributed by atoms with Crippen molar-refractivity contribution in [3.63, 3.8) is 0 Å². The fourth-order valence-corrected chi connectivity index (χ4v) is 2.36. The molecule has 1 aliphatic heterocycles. The van der Waals surface area contributed by atoms with E-state index < -0.39 is 0 Å². The Morgan fingerprint density at radius 2 is 2.05 bits per heavy atom. The molecule has 2 rings (SSSR count). The number of hydrogen-bond donors (Lipinski definition) is 0. The van der Waals surface area contributed by atoms with Gasteiger partial charge < -0.3 is 14.4 Å². The van der Waals surface area contributed by atoms with Crippen molar-refractivity contribution >= 4 is 0 Å². The fraction of sp³-hybridized carbons (Fsp3) is 0.533. The Kier molecular flexibility index (Phi) is 4.64. The second-order valence-corrected chi connectivity index (χ2v) is 4.73. The summed E-state index contributed by atoms with van der Waals surface area (Å²) in [6.07, 6.45) is 2.26. The Morgan fingerprint density at radius 3 is 2.63 bits per heavy atom. The Hall–Kier alpha value is -1.73. The molecule has 1 heterocycles. The molecule has 0 saturated carbocycles. The van der Waals surface area contributed by atoms with E-state index in [1.54, 1.807) is 25.3 Å². The molecule has 0 amide bonds. The maximum absolute atomic E-state index is 8.95. The lowest BCUT2D eigenvalue weighted by Gasteiger charge is -2.31. The van der Waals surface area contributed by atoms with Crippen molar-refractivity contribution in [2.45, 2.75) is 25.9 Å². The fourth-order valence-electron chi connectivity index (χ4n) is 2.36. The van der Waals surface area contributed by atoms with Crippen LogP contribution in [-0.4, -0.2) is 37.7 Å². The van der Waals surface area contributed by atoms with Gasteiger partial charge in [-0.3, -0.25) is 0 Å². The first-order valence-corrected chi connectivity index (χ1v) is 6.74. The van der Waals surface area contributed by atoms with E-state index in [0.717, 1.165) is 32.5 Å². The molecule has 0 N–H and O–H groups in total. The zero-order valence-corrected chi connectivity index (χ0v) is 11.6. The van der Waals surface area contributed by atoms with Gasteiger partial charge in [0.15, 0.2) is 11.5 Å². The van der Waals surface area contributed by atoms with Gasteiger partial charge in [0, 0.05) is 19.2 Å². The van der Waals surface area contributed by atoms with Crippen molar-refractivity contribution in [1.29, 1.82) is 5.26 Å². The van der Waals surface area contributed by atoms with Crippen LogP contribution in [0.1, 0.15) is 25.3 Å². The van der Waals surface area contributed by atoms with Crippen LogP contribution in [0.2, 0.25) is 0 Å². The molecule has 19 heavy (non-hydrogen) atoms. The summed E-state index contributed by atoms with van der Waals surface area (Å²) >= 11 is 0. The first-order valence-electron chi connectivity index (χ1n) is 6.74. The largest absolute Gasteiger partial charge is 0.493 e. The van der Waals surface area contributed by atoms with Gasteiger partial charge in [-0.15, -0.1) is 0 Å². The molecule has 1 aliphatic rings. The van der Waals surface area contributed by atoms with E-state index in [1.165, 1.54) is 0 Å². The summed E-state index contributed by atoms with van der Waals surface area (Å²) in [7, 11) is 1.62. The summed E-state index contributed by atoms with van der Waals surface area (Å²) in [4.78, 5) is 2.42. The molecule has 0 spiro atoms. The topological polar surface area (TPSA) is 45.5 Å². The average Bonchev–Trinajstić information content (AvgIpc) is 2.48. The quantitative estimate of drug-likeness (QED) is 0.834. The number of piperidine rings is 1. The summed E-state index contributed by atoms with van der Waals surface area (Å²) in [6.45, 7) is 5.42. The highest BCUT2D eigenvalue weighted by Gasteiger charge is 2.20. The zero-order valence-electron chi connectivity index (χ0n) is 11.6. The molecule has 0 bridgehead atoms. The maximum atomic E-state index is 8.95. The standard InChI is InChI=1S/C15H20N2O2/c1-3-17-8-6-13(7-9-17)19-15-10-12(11-16)4-5-14(15)18-2/h4-5,10,13H,3,6-9H2,1-2H3. The summed E-state index contributed by atoms with van der Waals surface area (Å²) < 4.78 is 11.3. The van der Waals surface area contributed by atoms with E-state index in [0.29, 0.717) is 17.1 Å². The Bertz CT molecular complexity index is 460. The van der Waals surface area contributed by atoms with Crippen LogP contribution >= 0.6 is 0 Å². The van der Waals surface area contributed by atoms with E-state index in [1.807, 2.05) is 0 Å². The van der Waals surface area contributed by atoms with Crippen molar-refractivity contribution < 1.29 is 9.47 Å². The second-order valence-electron chi connectivity index (χ2n) is 4.73. The monoisotopic (exact) mass is 260 g/mol. The number of hydrogen-bond acceptors (Lipinski definition) is 4. The number of methoxy groups -OCH3 is 1. The van der Waals surface area contributed by atoms with E-state index in [2.05, 4.69) is 17.9 Å². The maximum Gasteiger partial charge on any atom is 0.162 e. The molecular weight excluding hydrogens is 240 g/mol. The van der Waals surface area contributed by atoms with Gasteiger partial charge in [0.1, 0.15) is 6.10 Å². The molecule has 1 fully saturated rings. The number of nitriles is 1. The van der Waals surface area contributed by atoms with E-state index in [4.69, 9.17) is 14.7 Å². The predicted octanol–water partition coefficient (Wildman–Crippen LogP) is 2.43. The Labute approximate surface area is 114 Å². The van der Waals surface area contributed by atoms with Crippen LogP contribution in [0, 0.1) is 11.3 Å². The third-order valence-electron chi connectivity index (χ3n) is 3.57. The summed E-state index contributed by atoms with van der Waals surface area (Å²) in [5.74, 6) is 1.37. The molecule has 0 aromatic heterocycles.